The molecule has 0 radical (unpaired) electrons. The summed E-state index contributed by atoms with van der Waals surface area (Å²) in [5.74, 6) is -1.46. The maximum Gasteiger partial charge on any atom is 0.335 e. The Bertz CT molecular complexity index is 1150. The van der Waals surface area contributed by atoms with Gasteiger partial charge in [0.25, 0.3) is 0 Å². The third kappa shape index (κ3) is 6.96. The number of piperidine rings is 1. The summed E-state index contributed by atoms with van der Waals surface area (Å²) >= 11 is 0. The van der Waals surface area contributed by atoms with Gasteiger partial charge in [0.05, 0.1) is 12.0 Å². The lowest BCUT2D eigenvalue weighted by molar-refractivity contribution is -0.159. The molecule has 38 heavy (non-hydrogen) atoms. The second-order valence-corrected chi connectivity index (χ2v) is 11.3. The molecule has 2 aromatic rings. The molecule has 0 bridgehead atoms. The zero-order valence-electron chi connectivity index (χ0n) is 22.1. The molecule has 0 spiro atoms. The van der Waals surface area contributed by atoms with Crippen LogP contribution in [0, 0.1) is 11.7 Å². The fourth-order valence-corrected chi connectivity index (χ4v) is 4.96. The van der Waals surface area contributed by atoms with Crippen molar-refractivity contribution in [2.45, 2.75) is 63.5 Å². The van der Waals surface area contributed by atoms with Crippen LogP contribution < -0.4 is 10.7 Å². The highest BCUT2D eigenvalue weighted by Crippen LogP contribution is 2.53. The van der Waals surface area contributed by atoms with Gasteiger partial charge in [0.1, 0.15) is 17.0 Å². The third-order valence-electron chi connectivity index (χ3n) is 7.17. The molecule has 1 saturated heterocycles. The quantitative estimate of drug-likeness (QED) is 0.429. The van der Waals surface area contributed by atoms with Crippen molar-refractivity contribution in [3.63, 3.8) is 0 Å². The van der Waals surface area contributed by atoms with Crippen molar-refractivity contribution in [2.24, 2.45) is 5.92 Å². The molecule has 2 unspecified atom stereocenters. The minimum Gasteiger partial charge on any atom is -0.478 e. The van der Waals surface area contributed by atoms with Crippen molar-refractivity contribution < 1.29 is 28.6 Å². The number of hydrazine groups is 1. The number of carboxylic acid groups (broad SMARTS) is 1. The van der Waals surface area contributed by atoms with Crippen LogP contribution in [0.25, 0.3) is 0 Å². The van der Waals surface area contributed by atoms with E-state index < -0.39 is 17.1 Å². The number of nitrogens with zero attached hydrogens (tertiary/aromatic N) is 1. The van der Waals surface area contributed by atoms with Crippen molar-refractivity contribution in [3.05, 3.63) is 71.0 Å². The van der Waals surface area contributed by atoms with E-state index in [0.29, 0.717) is 32.0 Å². The summed E-state index contributed by atoms with van der Waals surface area (Å²) in [7, 11) is 0. The molecular formula is C29H36FN3O5. The van der Waals surface area contributed by atoms with Crippen LogP contribution in [0.1, 0.15) is 67.4 Å². The van der Waals surface area contributed by atoms with E-state index in [9.17, 15) is 18.8 Å². The smallest absolute Gasteiger partial charge is 0.335 e. The number of hydrogen-bond acceptors (Lipinski definition) is 6. The summed E-state index contributed by atoms with van der Waals surface area (Å²) in [6, 6.07) is 12.6. The van der Waals surface area contributed by atoms with E-state index in [1.54, 1.807) is 24.3 Å². The van der Waals surface area contributed by atoms with Crippen LogP contribution in [-0.2, 0) is 20.7 Å². The Balaban J connectivity index is 1.27. The molecule has 9 heteroatoms. The first-order chi connectivity index (χ1) is 17.9. The average molecular weight is 526 g/mol. The molecule has 2 aromatic carbocycles. The van der Waals surface area contributed by atoms with Gasteiger partial charge in [0.15, 0.2) is 0 Å². The Hall–Kier alpha value is -3.30. The molecule has 8 nitrogen and oxygen atoms in total. The zero-order chi connectivity index (χ0) is 27.5. The Morgan fingerprint density at radius 2 is 1.68 bits per heavy atom. The molecule has 2 fully saturated rings. The molecule has 1 aliphatic heterocycles. The Morgan fingerprint density at radius 3 is 2.26 bits per heavy atom. The Labute approximate surface area is 222 Å². The van der Waals surface area contributed by atoms with Crippen LogP contribution >= 0.6 is 0 Å². The van der Waals surface area contributed by atoms with E-state index in [0.717, 1.165) is 24.0 Å². The van der Waals surface area contributed by atoms with Crippen LogP contribution in [0.3, 0.4) is 0 Å². The second kappa shape index (κ2) is 11.2. The van der Waals surface area contributed by atoms with Crippen molar-refractivity contribution in [1.29, 1.82) is 0 Å². The number of hydrogen-bond donors (Lipinski definition) is 3. The van der Waals surface area contributed by atoms with E-state index in [4.69, 9.17) is 9.84 Å². The topological polar surface area (TPSA) is 108 Å². The van der Waals surface area contributed by atoms with E-state index in [2.05, 4.69) is 10.7 Å². The molecule has 2 aliphatic rings. The fraction of sp³-hybridized carbons (Fsp3) is 0.483. The highest BCUT2D eigenvalue weighted by Gasteiger charge is 2.62. The fourth-order valence-electron chi connectivity index (χ4n) is 4.96. The van der Waals surface area contributed by atoms with Gasteiger partial charge in [-0.25, -0.2) is 14.2 Å². The van der Waals surface area contributed by atoms with Crippen molar-refractivity contribution >= 4 is 17.8 Å². The van der Waals surface area contributed by atoms with Crippen LogP contribution in [-0.4, -0.2) is 58.7 Å². The maximum absolute atomic E-state index is 13.4. The van der Waals surface area contributed by atoms with Gasteiger partial charge in [0, 0.05) is 19.0 Å². The number of nitrogens with one attached hydrogen (secondary N) is 2. The number of halogens is 1. The van der Waals surface area contributed by atoms with Gasteiger partial charge >= 0.3 is 11.9 Å². The van der Waals surface area contributed by atoms with Gasteiger partial charge < -0.3 is 15.2 Å². The molecular weight excluding hydrogens is 489 g/mol. The normalized spacial score (nSPS) is 22.1. The SMILES string of the molecule is CC(C)(C)OC(=O)C1(NCC2CCN(NC(=O)Cc3ccc(C(=O)O)cc3)CC2)CC1c1ccc(F)cc1. The number of rotatable bonds is 9. The Morgan fingerprint density at radius 1 is 1.05 bits per heavy atom. The summed E-state index contributed by atoms with van der Waals surface area (Å²) in [5, 5.41) is 14.4. The molecule has 204 valence electrons. The highest BCUT2D eigenvalue weighted by molar-refractivity contribution is 5.88. The Kier molecular flexibility index (Phi) is 8.18. The number of carbonyl (C=O) groups excluding carboxylic acids is 2. The number of ether oxygens (including phenoxy) is 1. The lowest BCUT2D eigenvalue weighted by Crippen LogP contribution is -2.50. The second-order valence-electron chi connectivity index (χ2n) is 11.3. The number of amides is 1. The van der Waals surface area contributed by atoms with E-state index in [1.165, 1.54) is 24.3 Å². The standard InChI is InChI=1S/C29H36FN3O5/c1-28(2,3)38-27(37)29(17-24(29)21-8-10-23(30)11-9-21)31-18-20-12-14-33(15-13-20)32-25(34)16-19-4-6-22(7-5-19)26(35)36/h4-11,20,24,31H,12-18H2,1-3H3,(H,32,34)(H,35,36). The largest absolute Gasteiger partial charge is 0.478 e. The van der Waals surface area contributed by atoms with E-state index in [1.807, 2.05) is 25.8 Å². The van der Waals surface area contributed by atoms with Crippen LogP contribution in [0.4, 0.5) is 4.39 Å². The van der Waals surface area contributed by atoms with Crippen LogP contribution in [0.2, 0.25) is 0 Å². The highest BCUT2D eigenvalue weighted by atomic mass is 19.1. The lowest BCUT2D eigenvalue weighted by atomic mass is 9.96. The molecule has 0 aromatic heterocycles. The zero-order valence-corrected chi connectivity index (χ0v) is 22.1. The predicted octanol–water partition coefficient (Wildman–Crippen LogP) is 3.67. The summed E-state index contributed by atoms with van der Waals surface area (Å²) < 4.78 is 19.2. The number of esters is 1. The van der Waals surface area contributed by atoms with Gasteiger partial charge in [-0.1, -0.05) is 24.3 Å². The van der Waals surface area contributed by atoms with Gasteiger partial charge in [-0.3, -0.25) is 15.0 Å². The average Bonchev–Trinajstić information content (AvgIpc) is 3.59. The molecule has 1 saturated carbocycles. The number of carboxylic acids is 1. The molecule has 4 rings (SSSR count). The van der Waals surface area contributed by atoms with Gasteiger partial charge in [-0.15, -0.1) is 0 Å². The van der Waals surface area contributed by atoms with Gasteiger partial charge in [-0.2, -0.15) is 0 Å². The summed E-state index contributed by atoms with van der Waals surface area (Å²) in [5.41, 5.74) is 3.37. The first-order valence-corrected chi connectivity index (χ1v) is 13.1. The molecule has 3 N–H and O–H groups in total. The third-order valence-corrected chi connectivity index (χ3v) is 7.17. The van der Waals surface area contributed by atoms with Gasteiger partial charge in [0.2, 0.25) is 5.91 Å². The first-order valence-electron chi connectivity index (χ1n) is 13.1. The lowest BCUT2D eigenvalue weighted by Gasteiger charge is -2.33. The summed E-state index contributed by atoms with van der Waals surface area (Å²) in [6.07, 6.45) is 2.48. The maximum atomic E-state index is 13.4. The van der Waals surface area contributed by atoms with Crippen molar-refractivity contribution in [2.75, 3.05) is 19.6 Å². The molecule has 1 amide bonds. The number of aromatic carboxylic acids is 1. The minimum absolute atomic E-state index is 0.0677. The van der Waals surface area contributed by atoms with Gasteiger partial charge in [-0.05, 0) is 87.9 Å². The first kappa shape index (κ1) is 27.7. The predicted molar refractivity (Wildman–Crippen MR) is 140 cm³/mol. The molecule has 1 heterocycles. The van der Waals surface area contributed by atoms with E-state index >= 15 is 0 Å². The van der Waals surface area contributed by atoms with Crippen LogP contribution in [0.5, 0.6) is 0 Å². The monoisotopic (exact) mass is 525 g/mol. The number of benzene rings is 2. The molecule has 1 aliphatic carbocycles. The van der Waals surface area contributed by atoms with Crippen molar-refractivity contribution in [3.8, 4) is 0 Å². The van der Waals surface area contributed by atoms with E-state index in [-0.39, 0.29) is 35.6 Å². The van der Waals surface area contributed by atoms with Crippen molar-refractivity contribution in [1.82, 2.24) is 15.8 Å². The summed E-state index contributed by atoms with van der Waals surface area (Å²) in [6.45, 7) is 7.58. The summed E-state index contributed by atoms with van der Waals surface area (Å²) in [4.78, 5) is 36.7. The molecule has 2 atom stereocenters. The minimum atomic E-state index is -0.997. The van der Waals surface area contributed by atoms with Crippen LogP contribution in [0.15, 0.2) is 48.5 Å². The number of carbonyl (C=O) groups is 3.